The maximum absolute atomic E-state index is 14.6. The first-order valence-electron chi connectivity index (χ1n) is 10.4. The third kappa shape index (κ3) is 3.88. The second-order valence-electron chi connectivity index (χ2n) is 8.33. The van der Waals surface area contributed by atoms with Gasteiger partial charge in [-0.25, -0.2) is 9.37 Å². The molecule has 0 radical (unpaired) electrons. The van der Waals surface area contributed by atoms with Crippen molar-refractivity contribution in [2.75, 3.05) is 11.4 Å². The molecule has 1 atom stereocenters. The Balaban J connectivity index is 1.43. The van der Waals surface area contributed by atoms with Gasteiger partial charge in [0.1, 0.15) is 6.17 Å². The van der Waals surface area contributed by atoms with Crippen LogP contribution in [0.5, 0.6) is 0 Å². The summed E-state index contributed by atoms with van der Waals surface area (Å²) in [7, 11) is 0. The lowest BCUT2D eigenvalue weighted by Crippen LogP contribution is -2.36. The van der Waals surface area contributed by atoms with Crippen molar-refractivity contribution in [2.45, 2.75) is 37.9 Å². The molecule has 5 rings (SSSR count). The fourth-order valence-corrected chi connectivity index (χ4v) is 4.38. The van der Waals surface area contributed by atoms with Gasteiger partial charge in [-0.2, -0.15) is 0 Å². The largest absolute Gasteiger partial charge is 0.343 e. The molecule has 0 bridgehead atoms. The van der Waals surface area contributed by atoms with E-state index in [1.54, 1.807) is 24.3 Å². The minimum Gasteiger partial charge on any atom is -0.343 e. The lowest BCUT2D eigenvalue weighted by atomic mass is 9.94. The standard InChI is InChI=1S/C24H22ClFN4O/c1-15-27-11-8-22(28-15)30-14-20(26)13-17-12-18(4-7-21(17)30)24(9-10-24)29-23(31)16-2-5-19(25)6-3-16/h2-8,11-12,20H,9-10,13-14H2,1H3,(H,29,31)/p+1. The van der Waals surface area contributed by atoms with Crippen LogP contribution in [-0.4, -0.2) is 23.6 Å². The highest BCUT2D eigenvalue weighted by molar-refractivity contribution is 6.30. The van der Waals surface area contributed by atoms with Crippen LogP contribution in [0.1, 0.15) is 40.2 Å². The van der Waals surface area contributed by atoms with E-state index in [9.17, 15) is 9.18 Å². The minimum atomic E-state index is -0.979. The van der Waals surface area contributed by atoms with Crippen LogP contribution < -0.4 is 15.2 Å². The van der Waals surface area contributed by atoms with Crippen LogP contribution >= 0.6 is 11.6 Å². The number of benzene rings is 2. The lowest BCUT2D eigenvalue weighted by molar-refractivity contribution is -0.392. The number of alkyl halides is 1. The summed E-state index contributed by atoms with van der Waals surface area (Å²) in [6.45, 7) is 2.16. The smallest absolute Gasteiger partial charge is 0.295 e. The Kier molecular flexibility index (Phi) is 4.89. The molecule has 5 nitrogen and oxygen atoms in total. The number of nitrogens with zero attached hydrogens (tertiary/aromatic N) is 2. The molecule has 7 heteroatoms. The van der Waals surface area contributed by atoms with Gasteiger partial charge in [-0.1, -0.05) is 23.7 Å². The summed E-state index contributed by atoms with van der Waals surface area (Å²) < 4.78 is 14.6. The molecule has 2 aliphatic rings. The van der Waals surface area contributed by atoms with Crippen LogP contribution in [0.25, 0.3) is 0 Å². The van der Waals surface area contributed by atoms with Crippen molar-refractivity contribution in [3.05, 3.63) is 82.3 Å². The number of aromatic nitrogens is 2. The zero-order valence-electron chi connectivity index (χ0n) is 17.2. The maximum atomic E-state index is 14.6. The van der Waals surface area contributed by atoms with Gasteiger partial charge in [0.2, 0.25) is 0 Å². The van der Waals surface area contributed by atoms with Crippen LogP contribution in [0.4, 0.5) is 15.9 Å². The number of carbonyl (C=O) groups is 1. The average molecular weight is 438 g/mol. The highest BCUT2D eigenvalue weighted by Gasteiger charge is 2.46. The molecule has 2 heterocycles. The number of fused-ring (bicyclic) bond motifs is 1. The predicted molar refractivity (Wildman–Crippen MR) is 117 cm³/mol. The summed E-state index contributed by atoms with van der Waals surface area (Å²) >= 11 is 5.93. The highest BCUT2D eigenvalue weighted by atomic mass is 35.5. The topological polar surface area (TPSA) is 59.4 Å². The number of halogens is 2. The SMILES string of the molecule is Cc1nc(N2CC(F)Cc3cc(C4(NC(=O)c5ccc(Cl)cc5)CC4)ccc32)cc[nH+]1. The van der Waals surface area contributed by atoms with Gasteiger partial charge in [0.25, 0.3) is 17.5 Å². The number of amides is 1. The zero-order chi connectivity index (χ0) is 21.6. The second-order valence-corrected chi connectivity index (χ2v) is 8.77. The van der Waals surface area contributed by atoms with Crippen molar-refractivity contribution >= 4 is 29.0 Å². The molecule has 2 aromatic carbocycles. The Labute approximate surface area is 185 Å². The molecule has 0 saturated heterocycles. The first-order chi connectivity index (χ1) is 14.9. The van der Waals surface area contributed by atoms with Gasteiger partial charge in [0, 0.05) is 35.7 Å². The van der Waals surface area contributed by atoms with E-state index in [-0.39, 0.29) is 12.5 Å². The molecule has 2 N–H and O–H groups in total. The summed E-state index contributed by atoms with van der Waals surface area (Å²) in [4.78, 5) is 22.3. The Morgan fingerprint density at radius 3 is 2.71 bits per heavy atom. The minimum absolute atomic E-state index is 0.128. The van der Waals surface area contributed by atoms with E-state index in [0.717, 1.165) is 41.3 Å². The molecule has 1 fully saturated rings. The van der Waals surface area contributed by atoms with Crippen molar-refractivity contribution in [1.82, 2.24) is 10.3 Å². The number of aromatic amines is 1. The first-order valence-corrected chi connectivity index (χ1v) is 10.8. The molecule has 1 saturated carbocycles. The fourth-order valence-electron chi connectivity index (χ4n) is 4.26. The van der Waals surface area contributed by atoms with Crippen molar-refractivity contribution in [2.24, 2.45) is 0 Å². The zero-order valence-corrected chi connectivity index (χ0v) is 17.9. The Hall–Kier alpha value is -2.99. The summed E-state index contributed by atoms with van der Waals surface area (Å²) in [6.07, 6.45) is 2.93. The van der Waals surface area contributed by atoms with Gasteiger partial charge in [-0.3, -0.25) is 4.79 Å². The van der Waals surface area contributed by atoms with Crippen LogP contribution in [0.15, 0.2) is 54.7 Å². The summed E-state index contributed by atoms with van der Waals surface area (Å²) in [5.74, 6) is 1.38. The molecule has 1 amide bonds. The van der Waals surface area contributed by atoms with E-state index < -0.39 is 11.7 Å². The highest BCUT2D eigenvalue weighted by Crippen LogP contribution is 2.47. The van der Waals surface area contributed by atoms with Crippen molar-refractivity contribution in [1.29, 1.82) is 0 Å². The molecule has 1 unspecified atom stereocenters. The molecule has 31 heavy (non-hydrogen) atoms. The van der Waals surface area contributed by atoms with Crippen LogP contribution in [0.2, 0.25) is 5.02 Å². The summed E-state index contributed by atoms with van der Waals surface area (Å²) in [5.41, 5.74) is 3.11. The van der Waals surface area contributed by atoms with E-state index >= 15 is 0 Å². The van der Waals surface area contributed by atoms with Gasteiger partial charge in [0.05, 0.1) is 18.3 Å². The van der Waals surface area contributed by atoms with E-state index in [1.165, 1.54) is 0 Å². The van der Waals surface area contributed by atoms with Crippen molar-refractivity contribution in [3.8, 4) is 0 Å². The molecule has 1 aliphatic heterocycles. The molecule has 1 aliphatic carbocycles. The lowest BCUT2D eigenvalue weighted by Gasteiger charge is -2.31. The second kappa shape index (κ2) is 7.61. The number of hydrogen-bond acceptors (Lipinski definition) is 3. The van der Waals surface area contributed by atoms with Gasteiger partial charge in [0.15, 0.2) is 0 Å². The summed E-state index contributed by atoms with van der Waals surface area (Å²) in [5, 5.41) is 3.78. The Morgan fingerprint density at radius 2 is 2.00 bits per heavy atom. The molecule has 0 spiro atoms. The quantitative estimate of drug-likeness (QED) is 0.661. The van der Waals surface area contributed by atoms with Crippen LogP contribution in [0, 0.1) is 6.92 Å². The molecular formula is C24H23ClFN4O+. The normalized spacial score (nSPS) is 18.9. The number of hydrogen-bond donors (Lipinski definition) is 1. The Bertz CT molecular complexity index is 1150. The number of rotatable bonds is 4. The Morgan fingerprint density at radius 1 is 1.23 bits per heavy atom. The first kappa shape index (κ1) is 19.9. The average Bonchev–Trinajstić information content (AvgIpc) is 3.53. The van der Waals surface area contributed by atoms with Gasteiger partial charge in [-0.05, 0) is 59.3 Å². The summed E-state index contributed by atoms with van der Waals surface area (Å²) in [6, 6.07) is 14.8. The fraction of sp³-hybridized carbons (Fsp3) is 0.292. The predicted octanol–water partition coefficient (Wildman–Crippen LogP) is 4.31. The van der Waals surface area contributed by atoms with Crippen molar-refractivity contribution in [3.63, 3.8) is 0 Å². The third-order valence-electron chi connectivity index (χ3n) is 6.04. The number of H-pyrrole nitrogens is 1. The number of anilines is 2. The molecule has 158 valence electrons. The molecular weight excluding hydrogens is 415 g/mol. The van der Waals surface area contributed by atoms with Gasteiger partial charge < -0.3 is 10.2 Å². The third-order valence-corrected chi connectivity index (χ3v) is 6.29. The van der Waals surface area contributed by atoms with E-state index in [1.807, 2.05) is 42.3 Å². The number of nitrogens with one attached hydrogen (secondary N) is 2. The van der Waals surface area contributed by atoms with E-state index in [0.29, 0.717) is 17.0 Å². The number of aryl methyl sites for hydroxylation is 1. The van der Waals surface area contributed by atoms with Gasteiger partial charge in [-0.15, -0.1) is 0 Å². The monoisotopic (exact) mass is 437 g/mol. The number of carbonyl (C=O) groups excluding carboxylic acids is 1. The van der Waals surface area contributed by atoms with Crippen LogP contribution in [0.3, 0.4) is 0 Å². The van der Waals surface area contributed by atoms with E-state index in [2.05, 4.69) is 15.3 Å². The van der Waals surface area contributed by atoms with Gasteiger partial charge >= 0.3 is 0 Å². The maximum Gasteiger partial charge on any atom is 0.295 e. The van der Waals surface area contributed by atoms with E-state index in [4.69, 9.17) is 11.6 Å². The van der Waals surface area contributed by atoms with Crippen LogP contribution in [-0.2, 0) is 12.0 Å². The molecule has 1 aromatic heterocycles. The van der Waals surface area contributed by atoms with Crippen molar-refractivity contribution < 1.29 is 14.2 Å². The molecule has 3 aromatic rings.